The van der Waals surface area contributed by atoms with Crippen molar-refractivity contribution < 1.29 is 42.9 Å². The predicted molar refractivity (Wildman–Crippen MR) is 259 cm³/mol. The highest BCUT2D eigenvalue weighted by Crippen LogP contribution is 2.41. The lowest BCUT2D eigenvalue weighted by Crippen LogP contribution is -2.43. The van der Waals surface area contributed by atoms with Gasteiger partial charge in [-0.2, -0.15) is 5.26 Å². The number of anilines is 2. The number of carbonyl (C=O) groups is 4. The first-order chi connectivity index (χ1) is 32.1. The molecule has 0 spiro atoms. The number of carbonyl (C=O) groups excluding carboxylic acids is 4. The number of benzene rings is 3. The van der Waals surface area contributed by atoms with E-state index in [1.54, 1.807) is 30.0 Å². The molecule has 16 heteroatoms. The molecular weight excluding hydrogens is 876 g/mol. The summed E-state index contributed by atoms with van der Waals surface area (Å²) in [5.74, 6) is -1.00. The molecule has 15 nitrogen and oxygen atoms in total. The van der Waals surface area contributed by atoms with E-state index in [0.29, 0.717) is 96.3 Å². The van der Waals surface area contributed by atoms with E-state index in [0.717, 1.165) is 34.5 Å². The van der Waals surface area contributed by atoms with Gasteiger partial charge < -0.3 is 49.4 Å². The zero-order chi connectivity index (χ0) is 48.3. The number of nitrogens with one attached hydrogen (secondary N) is 3. The summed E-state index contributed by atoms with van der Waals surface area (Å²) in [6, 6.07) is 23.3. The van der Waals surface area contributed by atoms with Crippen LogP contribution in [0.5, 0.6) is 0 Å². The summed E-state index contributed by atoms with van der Waals surface area (Å²) >= 11 is 6.12. The van der Waals surface area contributed by atoms with Crippen molar-refractivity contribution >= 4 is 46.6 Å². The van der Waals surface area contributed by atoms with Gasteiger partial charge in [0.15, 0.2) is 0 Å². The molecular formula is C51H67ClN6O9. The monoisotopic (exact) mass is 942 g/mol. The Labute approximate surface area is 400 Å². The second-order valence-electron chi connectivity index (χ2n) is 18.0. The van der Waals surface area contributed by atoms with Gasteiger partial charge in [0.05, 0.1) is 78.0 Å². The summed E-state index contributed by atoms with van der Waals surface area (Å²) in [7, 11) is 0. The van der Waals surface area contributed by atoms with Crippen LogP contribution >= 0.6 is 11.6 Å². The van der Waals surface area contributed by atoms with E-state index >= 15 is 0 Å². The van der Waals surface area contributed by atoms with Crippen LogP contribution in [0.1, 0.15) is 69.9 Å². The second kappa shape index (κ2) is 26.3. The molecule has 2 heterocycles. The van der Waals surface area contributed by atoms with Gasteiger partial charge in [-0.1, -0.05) is 63.6 Å². The summed E-state index contributed by atoms with van der Waals surface area (Å²) < 4.78 is 27.8. The van der Waals surface area contributed by atoms with Crippen molar-refractivity contribution in [2.45, 2.75) is 60.0 Å². The second-order valence-corrected chi connectivity index (χ2v) is 18.4. The molecule has 1 fully saturated rings. The van der Waals surface area contributed by atoms with E-state index in [2.05, 4.69) is 28.9 Å². The number of hydrogen-bond acceptors (Lipinski definition) is 11. The molecule has 67 heavy (non-hydrogen) atoms. The first-order valence-electron chi connectivity index (χ1n) is 23.1. The summed E-state index contributed by atoms with van der Waals surface area (Å²) in [5, 5.41) is 19.6. The van der Waals surface area contributed by atoms with Crippen LogP contribution in [0, 0.1) is 28.6 Å². The molecule has 362 valence electrons. The normalized spacial score (nSPS) is 18.3. The molecule has 0 unspecified atom stereocenters. The molecule has 4 amide bonds. The standard InChI is InChI=1S/C51H67ClN6O9/c1-35-33-57(50(62)41(32-53)31-51(4,5)6)34-45(35)49(61)55-18-20-64-22-24-66-26-28-67-27-25-65-23-21-63-19-17-54-48(60)39-9-7-38(8-10-39)40-11-16-47-44(30-40)46(29-36(2)58(47)37(3)59)56-43-14-12-42(52)13-15-43/h7-16,30-31,35-36,45-46,56H,17-29,33-34H2,1-6H3,(H,54,60)(H,55,61)/b41-31+/t35-,36+,45-,46-/m1/s1. The number of likely N-dealkylation sites (tertiary alicyclic amines) is 1. The van der Waals surface area contributed by atoms with E-state index in [1.165, 1.54) is 0 Å². The van der Waals surface area contributed by atoms with Gasteiger partial charge in [-0.25, -0.2) is 0 Å². The van der Waals surface area contributed by atoms with Crippen LogP contribution in [0.25, 0.3) is 11.1 Å². The van der Waals surface area contributed by atoms with Crippen molar-refractivity contribution in [1.82, 2.24) is 15.5 Å². The molecule has 2 aliphatic rings. The average molecular weight is 944 g/mol. The number of rotatable bonds is 24. The molecule has 3 aromatic rings. The van der Waals surface area contributed by atoms with Gasteiger partial charge in [0.2, 0.25) is 11.8 Å². The molecule has 0 aromatic heterocycles. The number of fused-ring (bicyclic) bond motifs is 1. The molecule has 1 saturated heterocycles. The van der Waals surface area contributed by atoms with Crippen molar-refractivity contribution in [3.05, 3.63) is 94.5 Å². The number of allylic oxidation sites excluding steroid dienone is 1. The number of ether oxygens (including phenoxy) is 5. The number of nitriles is 1. The van der Waals surface area contributed by atoms with Crippen molar-refractivity contribution in [2.75, 3.05) is 102 Å². The van der Waals surface area contributed by atoms with E-state index in [1.807, 2.05) is 87.2 Å². The van der Waals surface area contributed by atoms with Crippen LogP contribution in [0.3, 0.4) is 0 Å². The zero-order valence-electron chi connectivity index (χ0n) is 39.7. The minimum absolute atomic E-state index is 0.00340. The molecule has 5 rings (SSSR count). The van der Waals surface area contributed by atoms with Crippen LogP contribution < -0.4 is 20.9 Å². The van der Waals surface area contributed by atoms with Crippen LogP contribution in [-0.2, 0) is 38.1 Å². The smallest absolute Gasteiger partial charge is 0.264 e. The molecule has 3 N–H and O–H groups in total. The summed E-state index contributed by atoms with van der Waals surface area (Å²) in [6.07, 6.45) is 2.42. The Kier molecular flexibility index (Phi) is 20.6. The van der Waals surface area contributed by atoms with Gasteiger partial charge in [0, 0.05) is 61.1 Å². The Hall–Kier alpha value is -5.34. The highest BCUT2D eigenvalue weighted by atomic mass is 35.5. The minimum atomic E-state index is -0.340. The highest BCUT2D eigenvalue weighted by Gasteiger charge is 2.38. The maximum atomic E-state index is 12.9. The van der Waals surface area contributed by atoms with Crippen LogP contribution in [0.2, 0.25) is 5.02 Å². The Morgan fingerprint density at radius 1 is 0.761 bits per heavy atom. The van der Waals surface area contributed by atoms with Gasteiger partial charge in [0.25, 0.3) is 11.8 Å². The molecule has 0 aliphatic carbocycles. The summed E-state index contributed by atoms with van der Waals surface area (Å²) in [4.78, 5) is 54.6. The fourth-order valence-corrected chi connectivity index (χ4v) is 8.26. The Balaban J connectivity index is 0.861. The van der Waals surface area contributed by atoms with Gasteiger partial charge in [-0.05, 0) is 89.9 Å². The van der Waals surface area contributed by atoms with Crippen LogP contribution in [0.4, 0.5) is 11.4 Å². The molecule has 0 saturated carbocycles. The fraction of sp³-hybridized carbons (Fsp3) is 0.510. The first-order valence-corrected chi connectivity index (χ1v) is 23.5. The van der Waals surface area contributed by atoms with Crippen molar-refractivity contribution in [3.63, 3.8) is 0 Å². The van der Waals surface area contributed by atoms with Gasteiger partial charge in [-0.15, -0.1) is 0 Å². The number of nitrogens with zero attached hydrogens (tertiary/aromatic N) is 3. The third-order valence-corrected chi connectivity index (χ3v) is 11.7. The maximum Gasteiger partial charge on any atom is 0.264 e. The molecule has 4 atom stereocenters. The van der Waals surface area contributed by atoms with E-state index in [9.17, 15) is 24.4 Å². The lowest BCUT2D eigenvalue weighted by atomic mass is 9.88. The lowest BCUT2D eigenvalue weighted by Gasteiger charge is -2.39. The quantitative estimate of drug-likeness (QED) is 0.0487. The van der Waals surface area contributed by atoms with Crippen molar-refractivity contribution in [3.8, 4) is 17.2 Å². The largest absolute Gasteiger partial charge is 0.378 e. The number of hydrogen-bond donors (Lipinski definition) is 3. The third-order valence-electron chi connectivity index (χ3n) is 11.4. The van der Waals surface area contributed by atoms with Crippen molar-refractivity contribution in [1.29, 1.82) is 5.26 Å². The van der Waals surface area contributed by atoms with E-state index in [-0.39, 0.29) is 65.1 Å². The minimum Gasteiger partial charge on any atom is -0.378 e. The van der Waals surface area contributed by atoms with E-state index < -0.39 is 0 Å². The highest BCUT2D eigenvalue weighted by molar-refractivity contribution is 6.30. The average Bonchev–Trinajstić information content (AvgIpc) is 3.70. The SMILES string of the molecule is CC(=O)N1c2ccc(-c3ccc(C(=O)NCCOCCOCCOCCOCCOCCNC(=O)[C@@H]4CN(C(=O)/C(C#N)=C/C(C)(C)C)C[C@H]4C)cc3)cc2[C@H](Nc2ccc(Cl)cc2)C[C@@H]1C. The zero-order valence-corrected chi connectivity index (χ0v) is 40.5. The van der Waals surface area contributed by atoms with Crippen molar-refractivity contribution in [2.24, 2.45) is 17.3 Å². The summed E-state index contributed by atoms with van der Waals surface area (Å²) in [6.45, 7) is 16.7. The third kappa shape index (κ3) is 16.4. The molecule has 2 aliphatic heterocycles. The lowest BCUT2D eigenvalue weighted by molar-refractivity contribution is -0.127. The maximum absolute atomic E-state index is 12.9. The van der Waals surface area contributed by atoms with Crippen LogP contribution in [-0.4, -0.2) is 127 Å². The molecule has 3 aromatic carbocycles. The Morgan fingerprint density at radius 2 is 1.31 bits per heavy atom. The van der Waals surface area contributed by atoms with Crippen LogP contribution in [0.15, 0.2) is 78.4 Å². The van der Waals surface area contributed by atoms with Gasteiger partial charge in [0.1, 0.15) is 11.6 Å². The number of halogens is 1. The summed E-state index contributed by atoms with van der Waals surface area (Å²) in [5.41, 5.74) is 5.16. The fourth-order valence-electron chi connectivity index (χ4n) is 8.14. The Morgan fingerprint density at radius 3 is 1.87 bits per heavy atom. The number of amides is 4. The first kappa shape index (κ1) is 52.6. The van der Waals surface area contributed by atoms with Gasteiger partial charge >= 0.3 is 0 Å². The Bertz CT molecular complexity index is 2170. The van der Waals surface area contributed by atoms with E-state index in [4.69, 9.17) is 35.3 Å². The molecule has 0 bridgehead atoms. The predicted octanol–water partition coefficient (Wildman–Crippen LogP) is 6.82. The molecule has 0 radical (unpaired) electrons. The van der Waals surface area contributed by atoms with Gasteiger partial charge in [-0.3, -0.25) is 19.2 Å². The topological polar surface area (TPSA) is 181 Å².